The lowest BCUT2D eigenvalue weighted by Gasteiger charge is -2.14. The van der Waals surface area contributed by atoms with E-state index in [1.165, 1.54) is 0 Å². The lowest BCUT2D eigenvalue weighted by Crippen LogP contribution is -2.08. The van der Waals surface area contributed by atoms with Crippen LogP contribution in [0.1, 0.15) is 51.1 Å². The monoisotopic (exact) mass is 319 g/mol. The van der Waals surface area contributed by atoms with Gasteiger partial charge in [0.15, 0.2) is 0 Å². The second-order valence-electron chi connectivity index (χ2n) is 5.91. The first-order chi connectivity index (χ1) is 11.0. The standard InChI is InChI=1S/C17H25N3O3/c1-5-22-15-7-6-14(9-13(15)10-21)18-12(4)17-20-19-16(23-17)8-11(2)3/h6-7,9,11-12,18,21H,5,8,10H2,1-4H3. The van der Waals surface area contributed by atoms with Crippen LogP contribution in [0.4, 0.5) is 5.69 Å². The van der Waals surface area contributed by atoms with Gasteiger partial charge in [-0.15, -0.1) is 10.2 Å². The van der Waals surface area contributed by atoms with Crippen LogP contribution in [0, 0.1) is 5.92 Å². The molecule has 0 amide bonds. The molecule has 0 radical (unpaired) electrons. The van der Waals surface area contributed by atoms with Crippen molar-refractivity contribution in [2.45, 2.75) is 46.8 Å². The molecule has 23 heavy (non-hydrogen) atoms. The van der Waals surface area contributed by atoms with Crippen LogP contribution >= 0.6 is 0 Å². The quantitative estimate of drug-likeness (QED) is 0.777. The minimum absolute atomic E-state index is 0.0711. The number of aliphatic hydroxyl groups is 1. The van der Waals surface area contributed by atoms with Crippen molar-refractivity contribution in [3.63, 3.8) is 0 Å². The summed E-state index contributed by atoms with van der Waals surface area (Å²) in [6, 6.07) is 5.51. The van der Waals surface area contributed by atoms with Gasteiger partial charge in [-0.25, -0.2) is 0 Å². The number of rotatable bonds is 8. The van der Waals surface area contributed by atoms with E-state index < -0.39 is 0 Å². The SMILES string of the molecule is CCOc1ccc(NC(C)c2nnc(CC(C)C)o2)cc1CO. The molecule has 2 aromatic rings. The van der Waals surface area contributed by atoms with Gasteiger partial charge in [-0.1, -0.05) is 13.8 Å². The molecule has 0 aliphatic rings. The fourth-order valence-electron chi connectivity index (χ4n) is 2.27. The van der Waals surface area contributed by atoms with Crippen LogP contribution in [0.2, 0.25) is 0 Å². The molecule has 1 atom stereocenters. The zero-order chi connectivity index (χ0) is 16.8. The molecule has 1 heterocycles. The maximum atomic E-state index is 9.46. The Balaban J connectivity index is 2.07. The molecule has 2 N–H and O–H groups in total. The third-order valence-corrected chi connectivity index (χ3v) is 3.35. The fourth-order valence-corrected chi connectivity index (χ4v) is 2.27. The Hall–Kier alpha value is -2.08. The molecule has 1 aromatic carbocycles. The first-order valence-electron chi connectivity index (χ1n) is 7.98. The fraction of sp³-hybridized carbons (Fsp3) is 0.529. The van der Waals surface area contributed by atoms with E-state index in [2.05, 4.69) is 29.4 Å². The summed E-state index contributed by atoms with van der Waals surface area (Å²) in [6.07, 6.45) is 0.775. The van der Waals surface area contributed by atoms with Gasteiger partial charge in [0.2, 0.25) is 11.8 Å². The number of ether oxygens (including phenoxy) is 1. The largest absolute Gasteiger partial charge is 0.494 e. The third kappa shape index (κ3) is 4.69. The molecule has 0 bridgehead atoms. The zero-order valence-electron chi connectivity index (χ0n) is 14.2. The third-order valence-electron chi connectivity index (χ3n) is 3.35. The number of benzene rings is 1. The molecule has 0 aliphatic heterocycles. The highest BCUT2D eigenvalue weighted by atomic mass is 16.5. The summed E-state index contributed by atoms with van der Waals surface area (Å²) >= 11 is 0. The lowest BCUT2D eigenvalue weighted by molar-refractivity contribution is 0.267. The minimum atomic E-state index is -0.118. The summed E-state index contributed by atoms with van der Waals surface area (Å²) in [6.45, 7) is 8.60. The van der Waals surface area contributed by atoms with Gasteiger partial charge < -0.3 is 19.6 Å². The van der Waals surface area contributed by atoms with Crippen LogP contribution in [0.3, 0.4) is 0 Å². The Morgan fingerprint density at radius 2 is 2.04 bits per heavy atom. The number of nitrogens with zero attached hydrogens (tertiary/aromatic N) is 2. The van der Waals surface area contributed by atoms with Crippen molar-refractivity contribution < 1.29 is 14.3 Å². The number of aliphatic hydroxyl groups excluding tert-OH is 1. The van der Waals surface area contributed by atoms with E-state index in [4.69, 9.17) is 9.15 Å². The minimum Gasteiger partial charge on any atom is -0.494 e. The molecule has 6 nitrogen and oxygen atoms in total. The number of aromatic nitrogens is 2. The molecule has 0 saturated carbocycles. The normalized spacial score (nSPS) is 12.4. The van der Waals surface area contributed by atoms with Crippen LogP contribution in [0.15, 0.2) is 22.6 Å². The van der Waals surface area contributed by atoms with Gasteiger partial charge in [-0.05, 0) is 38.0 Å². The molecule has 0 aliphatic carbocycles. The smallest absolute Gasteiger partial charge is 0.238 e. The summed E-state index contributed by atoms with van der Waals surface area (Å²) in [5.41, 5.74) is 1.61. The second-order valence-corrected chi connectivity index (χ2v) is 5.91. The second kappa shape index (κ2) is 7.97. The number of nitrogens with one attached hydrogen (secondary N) is 1. The van der Waals surface area contributed by atoms with Gasteiger partial charge in [0, 0.05) is 17.7 Å². The van der Waals surface area contributed by atoms with Crippen LogP contribution in [0.5, 0.6) is 5.75 Å². The van der Waals surface area contributed by atoms with Gasteiger partial charge >= 0.3 is 0 Å². The van der Waals surface area contributed by atoms with Crippen LogP contribution < -0.4 is 10.1 Å². The van der Waals surface area contributed by atoms with Crippen molar-refractivity contribution in [2.24, 2.45) is 5.92 Å². The maximum absolute atomic E-state index is 9.46. The number of hydrogen-bond donors (Lipinski definition) is 2. The predicted molar refractivity (Wildman–Crippen MR) is 88.4 cm³/mol. The molecule has 1 aromatic heterocycles. The molecule has 1 unspecified atom stereocenters. The van der Waals surface area contributed by atoms with Gasteiger partial charge in [0.1, 0.15) is 11.8 Å². The molecular formula is C17H25N3O3. The molecular weight excluding hydrogens is 294 g/mol. The van der Waals surface area contributed by atoms with Gasteiger partial charge in [0.05, 0.1) is 13.2 Å². The van der Waals surface area contributed by atoms with E-state index >= 15 is 0 Å². The van der Waals surface area contributed by atoms with Gasteiger partial charge in [-0.2, -0.15) is 0 Å². The molecule has 0 fully saturated rings. The van der Waals surface area contributed by atoms with E-state index in [0.717, 1.165) is 17.7 Å². The maximum Gasteiger partial charge on any atom is 0.238 e. The van der Waals surface area contributed by atoms with Crippen molar-refractivity contribution in [2.75, 3.05) is 11.9 Å². The first-order valence-corrected chi connectivity index (χ1v) is 7.98. The Kier molecular flexibility index (Phi) is 5.98. The Morgan fingerprint density at radius 1 is 1.26 bits per heavy atom. The van der Waals surface area contributed by atoms with Crippen molar-refractivity contribution in [3.8, 4) is 5.75 Å². The molecule has 6 heteroatoms. The predicted octanol–water partition coefficient (Wildman–Crippen LogP) is 3.33. The van der Waals surface area contributed by atoms with E-state index in [1.807, 2.05) is 32.0 Å². The van der Waals surface area contributed by atoms with E-state index in [-0.39, 0.29) is 12.6 Å². The Morgan fingerprint density at radius 3 is 2.70 bits per heavy atom. The Bertz CT molecular complexity index is 625. The van der Waals surface area contributed by atoms with Crippen LogP contribution in [0.25, 0.3) is 0 Å². The average Bonchev–Trinajstić information content (AvgIpc) is 2.96. The van der Waals surface area contributed by atoms with E-state index in [0.29, 0.717) is 30.1 Å². The van der Waals surface area contributed by atoms with Gasteiger partial charge in [0.25, 0.3) is 0 Å². The molecule has 0 saturated heterocycles. The van der Waals surface area contributed by atoms with Crippen LogP contribution in [-0.2, 0) is 13.0 Å². The summed E-state index contributed by atoms with van der Waals surface area (Å²) in [7, 11) is 0. The highest BCUT2D eigenvalue weighted by molar-refractivity contribution is 5.51. The molecule has 2 rings (SSSR count). The average molecular weight is 319 g/mol. The topological polar surface area (TPSA) is 80.4 Å². The van der Waals surface area contributed by atoms with Crippen molar-refractivity contribution in [1.82, 2.24) is 10.2 Å². The number of hydrogen-bond acceptors (Lipinski definition) is 6. The van der Waals surface area contributed by atoms with Crippen molar-refractivity contribution in [3.05, 3.63) is 35.5 Å². The Labute approximate surface area is 136 Å². The van der Waals surface area contributed by atoms with Crippen LogP contribution in [-0.4, -0.2) is 21.9 Å². The molecule has 0 spiro atoms. The van der Waals surface area contributed by atoms with E-state index in [1.54, 1.807) is 0 Å². The lowest BCUT2D eigenvalue weighted by atomic mass is 10.1. The van der Waals surface area contributed by atoms with Gasteiger partial charge in [-0.3, -0.25) is 0 Å². The summed E-state index contributed by atoms with van der Waals surface area (Å²) < 4.78 is 11.2. The summed E-state index contributed by atoms with van der Waals surface area (Å²) in [5.74, 6) is 2.39. The highest BCUT2D eigenvalue weighted by Crippen LogP contribution is 2.26. The first kappa shape index (κ1) is 17.3. The summed E-state index contributed by atoms with van der Waals surface area (Å²) in [5, 5.41) is 20.9. The highest BCUT2D eigenvalue weighted by Gasteiger charge is 2.15. The zero-order valence-corrected chi connectivity index (χ0v) is 14.2. The molecule has 126 valence electrons. The number of anilines is 1. The van der Waals surface area contributed by atoms with Crippen molar-refractivity contribution in [1.29, 1.82) is 0 Å². The summed E-state index contributed by atoms with van der Waals surface area (Å²) in [4.78, 5) is 0. The van der Waals surface area contributed by atoms with Crippen molar-refractivity contribution >= 4 is 5.69 Å². The van der Waals surface area contributed by atoms with E-state index in [9.17, 15) is 5.11 Å².